The Morgan fingerprint density at radius 2 is 1.71 bits per heavy atom. The fraction of sp³-hybridized carbons (Fsp3) is 0.667. The van der Waals surface area contributed by atoms with Crippen LogP contribution in [0.25, 0.3) is 0 Å². The van der Waals surface area contributed by atoms with Gasteiger partial charge in [-0.3, -0.25) is 4.79 Å². The summed E-state index contributed by atoms with van der Waals surface area (Å²) in [5.41, 5.74) is 4.00. The number of halogens is 1. The van der Waals surface area contributed by atoms with Crippen LogP contribution in [0, 0.1) is 23.6 Å². The molecule has 0 saturated heterocycles. The molecule has 2 N–H and O–H groups in total. The highest BCUT2D eigenvalue weighted by Crippen LogP contribution is 2.60. The molecule has 5 nitrogen and oxygen atoms in total. The third kappa shape index (κ3) is 3.26. The Labute approximate surface area is 166 Å². The number of rotatable bonds is 6. The van der Waals surface area contributed by atoms with Crippen LogP contribution in [0.1, 0.15) is 58.8 Å². The molecular formula is C21H29FN2O3S. The number of hydrogen-bond acceptors (Lipinski definition) is 3. The first-order chi connectivity index (χ1) is 13.0. The summed E-state index contributed by atoms with van der Waals surface area (Å²) in [5.74, 6) is 0.468. The predicted molar refractivity (Wildman–Crippen MR) is 104 cm³/mol. The van der Waals surface area contributed by atoms with Gasteiger partial charge in [0.05, 0.1) is 4.90 Å². The van der Waals surface area contributed by atoms with Crippen LogP contribution in [0.2, 0.25) is 0 Å². The van der Waals surface area contributed by atoms with Gasteiger partial charge in [0.1, 0.15) is 5.82 Å². The summed E-state index contributed by atoms with van der Waals surface area (Å²) >= 11 is 0. The van der Waals surface area contributed by atoms with Crippen LogP contribution in [-0.2, 0) is 14.8 Å². The van der Waals surface area contributed by atoms with Crippen molar-refractivity contribution in [3.05, 3.63) is 30.1 Å². The first-order valence-corrected chi connectivity index (χ1v) is 11.6. The van der Waals surface area contributed by atoms with Gasteiger partial charge in [0.25, 0.3) is 0 Å². The van der Waals surface area contributed by atoms with Crippen LogP contribution < -0.4 is 5.73 Å². The predicted octanol–water partition coefficient (Wildman–Crippen LogP) is 3.44. The van der Waals surface area contributed by atoms with E-state index in [1.54, 1.807) is 18.2 Å². The molecule has 0 heterocycles. The van der Waals surface area contributed by atoms with Crippen molar-refractivity contribution < 1.29 is 17.6 Å². The number of sulfonamides is 1. The number of nitrogens with two attached hydrogens (primary N) is 1. The lowest BCUT2D eigenvalue weighted by atomic mass is 9.52. The number of amides is 1. The van der Waals surface area contributed by atoms with E-state index in [4.69, 9.17) is 5.73 Å². The van der Waals surface area contributed by atoms with Gasteiger partial charge in [-0.15, -0.1) is 0 Å². The Kier molecular flexibility index (Phi) is 4.62. The zero-order valence-corrected chi connectivity index (χ0v) is 17.3. The second-order valence-electron chi connectivity index (χ2n) is 9.82. The summed E-state index contributed by atoms with van der Waals surface area (Å²) in [6.07, 6.45) is 5.89. The number of primary amides is 1. The van der Waals surface area contributed by atoms with E-state index >= 15 is 0 Å². The van der Waals surface area contributed by atoms with E-state index in [1.165, 1.54) is 37.5 Å². The van der Waals surface area contributed by atoms with Crippen LogP contribution in [0.3, 0.4) is 0 Å². The molecule has 0 atom stereocenters. The Bertz CT molecular complexity index is 861. The van der Waals surface area contributed by atoms with Gasteiger partial charge in [-0.25, -0.2) is 12.8 Å². The van der Waals surface area contributed by atoms with Crippen LogP contribution in [0.4, 0.5) is 4.39 Å². The molecule has 28 heavy (non-hydrogen) atoms. The zero-order chi connectivity index (χ0) is 20.3. The molecule has 4 fully saturated rings. The highest BCUT2D eigenvalue weighted by molar-refractivity contribution is 7.89. The molecule has 4 aliphatic carbocycles. The highest BCUT2D eigenvalue weighted by atomic mass is 32.2. The van der Waals surface area contributed by atoms with Crippen LogP contribution >= 0.6 is 0 Å². The fourth-order valence-electron chi connectivity index (χ4n) is 6.77. The van der Waals surface area contributed by atoms with E-state index in [9.17, 15) is 17.6 Å². The summed E-state index contributed by atoms with van der Waals surface area (Å²) in [7, 11) is -4.00. The average molecular weight is 409 g/mol. The maximum Gasteiger partial charge on any atom is 0.244 e. The monoisotopic (exact) mass is 408 g/mol. The van der Waals surface area contributed by atoms with Crippen molar-refractivity contribution in [2.45, 2.75) is 74.8 Å². The molecule has 0 aliphatic heterocycles. The van der Waals surface area contributed by atoms with E-state index in [2.05, 4.69) is 0 Å². The average Bonchev–Trinajstić information content (AvgIpc) is 2.51. The zero-order valence-electron chi connectivity index (χ0n) is 16.5. The first kappa shape index (κ1) is 19.8. The summed E-state index contributed by atoms with van der Waals surface area (Å²) < 4.78 is 43.1. The summed E-state index contributed by atoms with van der Waals surface area (Å²) in [6.45, 7) is 3.54. The lowest BCUT2D eigenvalue weighted by Crippen LogP contribution is -2.67. The molecule has 154 valence electrons. The normalized spacial score (nSPS) is 32.1. The van der Waals surface area contributed by atoms with Crippen molar-refractivity contribution in [1.29, 1.82) is 0 Å². The topological polar surface area (TPSA) is 80.5 Å². The van der Waals surface area contributed by atoms with Gasteiger partial charge in [-0.2, -0.15) is 4.31 Å². The Morgan fingerprint density at radius 3 is 2.18 bits per heavy atom. The molecule has 0 unspecified atom stereocenters. The fourth-order valence-corrected chi connectivity index (χ4v) is 8.94. The van der Waals surface area contributed by atoms with Crippen molar-refractivity contribution in [2.75, 3.05) is 0 Å². The van der Waals surface area contributed by atoms with Gasteiger partial charge in [-0.1, -0.05) is 6.07 Å². The van der Waals surface area contributed by atoms with E-state index in [-0.39, 0.29) is 11.3 Å². The van der Waals surface area contributed by atoms with Crippen molar-refractivity contribution in [3.8, 4) is 0 Å². The Morgan fingerprint density at radius 1 is 1.18 bits per heavy atom. The molecule has 4 aliphatic rings. The van der Waals surface area contributed by atoms with Gasteiger partial charge in [0.15, 0.2) is 0 Å². The van der Waals surface area contributed by atoms with Gasteiger partial charge >= 0.3 is 0 Å². The third-order valence-corrected chi connectivity index (χ3v) is 9.14. The van der Waals surface area contributed by atoms with E-state index in [0.29, 0.717) is 17.8 Å². The summed E-state index contributed by atoms with van der Waals surface area (Å²) in [6, 6.07) is 5.17. The minimum absolute atomic E-state index is 0.0548. The van der Waals surface area contributed by atoms with Crippen molar-refractivity contribution >= 4 is 15.9 Å². The molecule has 1 aromatic rings. The van der Waals surface area contributed by atoms with Gasteiger partial charge in [0, 0.05) is 17.5 Å². The Hall–Kier alpha value is -1.47. The standard InChI is InChI=1S/C21H29FN2O3S/c1-20(2,13-19(23)25)24(28(26,27)18-5-3-4-17(22)9-18)21-10-14-6-15(11-21)8-16(7-14)12-21/h3-5,9,14-16H,6-8,10-13H2,1-2H3,(H2,23,25). The van der Waals surface area contributed by atoms with E-state index in [1.807, 2.05) is 0 Å². The highest BCUT2D eigenvalue weighted by Gasteiger charge is 2.59. The van der Waals surface area contributed by atoms with Gasteiger partial charge < -0.3 is 5.73 Å². The second-order valence-corrected chi connectivity index (χ2v) is 11.6. The summed E-state index contributed by atoms with van der Waals surface area (Å²) in [4.78, 5) is 11.7. The lowest BCUT2D eigenvalue weighted by Gasteiger charge is -2.62. The molecule has 4 bridgehead atoms. The van der Waals surface area contributed by atoms with Crippen molar-refractivity contribution in [2.24, 2.45) is 23.5 Å². The molecule has 0 aromatic heterocycles. The first-order valence-electron chi connectivity index (χ1n) is 10.1. The molecule has 7 heteroatoms. The molecular weight excluding hydrogens is 379 g/mol. The number of benzene rings is 1. The Balaban J connectivity index is 1.85. The van der Waals surface area contributed by atoms with Crippen LogP contribution in [0.15, 0.2) is 29.2 Å². The minimum atomic E-state index is -4.00. The van der Waals surface area contributed by atoms with Gasteiger partial charge in [-0.05, 0) is 88.3 Å². The van der Waals surface area contributed by atoms with E-state index < -0.39 is 32.8 Å². The smallest absolute Gasteiger partial charge is 0.244 e. The molecule has 4 saturated carbocycles. The number of carbonyl (C=O) groups is 1. The third-order valence-electron chi connectivity index (χ3n) is 6.93. The minimum Gasteiger partial charge on any atom is -0.370 e. The lowest BCUT2D eigenvalue weighted by molar-refractivity contribution is -0.123. The maximum absolute atomic E-state index is 13.9. The largest absolute Gasteiger partial charge is 0.370 e. The van der Waals surface area contributed by atoms with Crippen LogP contribution in [0.5, 0.6) is 0 Å². The van der Waals surface area contributed by atoms with Crippen molar-refractivity contribution in [3.63, 3.8) is 0 Å². The SMILES string of the molecule is CC(C)(CC(N)=O)N(C12CC3CC(CC(C3)C1)C2)S(=O)(=O)c1cccc(F)c1. The van der Waals surface area contributed by atoms with Crippen molar-refractivity contribution in [1.82, 2.24) is 4.31 Å². The summed E-state index contributed by atoms with van der Waals surface area (Å²) in [5, 5.41) is 0. The van der Waals surface area contributed by atoms with Gasteiger partial charge in [0.2, 0.25) is 15.9 Å². The quantitative estimate of drug-likeness (QED) is 0.783. The molecule has 1 amide bonds. The second kappa shape index (κ2) is 6.52. The number of nitrogens with zero attached hydrogens (tertiary/aromatic N) is 1. The maximum atomic E-state index is 13.9. The molecule has 5 rings (SSSR count). The van der Waals surface area contributed by atoms with E-state index in [0.717, 1.165) is 25.3 Å². The molecule has 0 spiro atoms. The number of hydrogen-bond donors (Lipinski definition) is 1. The number of carbonyl (C=O) groups excluding carboxylic acids is 1. The van der Waals surface area contributed by atoms with Crippen LogP contribution in [-0.4, -0.2) is 29.7 Å². The molecule has 0 radical (unpaired) electrons. The molecule has 1 aromatic carbocycles.